The lowest BCUT2D eigenvalue weighted by Gasteiger charge is -2.08. The van der Waals surface area contributed by atoms with Crippen molar-refractivity contribution in [3.63, 3.8) is 0 Å². The fraction of sp³-hybridized carbons (Fsp3) is 0.200. The molecule has 0 radical (unpaired) electrons. The summed E-state index contributed by atoms with van der Waals surface area (Å²) in [6, 6.07) is 9.16. The Balaban J connectivity index is 2.01. The quantitative estimate of drug-likeness (QED) is 0.776. The molecule has 6 heteroatoms. The van der Waals surface area contributed by atoms with Gasteiger partial charge in [0.2, 0.25) is 0 Å². The number of carboxylic acid groups (broad SMARTS) is 1. The highest BCUT2D eigenvalue weighted by Gasteiger charge is 2.22. The number of aryl methyl sites for hydroxylation is 2. The van der Waals surface area contributed by atoms with Gasteiger partial charge < -0.3 is 5.11 Å². The zero-order chi connectivity index (χ0) is 14.4. The molecule has 1 aliphatic carbocycles. The van der Waals surface area contributed by atoms with Gasteiger partial charge in [0.05, 0.1) is 5.52 Å². The summed E-state index contributed by atoms with van der Waals surface area (Å²) in [5.41, 5.74) is 3.64. The first-order valence-corrected chi connectivity index (χ1v) is 6.81. The summed E-state index contributed by atoms with van der Waals surface area (Å²) in [5.74, 6) is -0.649. The van der Waals surface area contributed by atoms with Gasteiger partial charge in [0, 0.05) is 5.69 Å². The largest absolute Gasteiger partial charge is 0.478 e. The molecule has 1 aromatic carbocycles. The summed E-state index contributed by atoms with van der Waals surface area (Å²) < 4.78 is 1.51. The highest BCUT2D eigenvalue weighted by atomic mass is 16.4. The number of nitrogens with zero attached hydrogens (tertiary/aromatic N) is 4. The average molecular weight is 280 g/mol. The number of fused-ring (bicyclic) bond motifs is 2. The van der Waals surface area contributed by atoms with Crippen LogP contribution in [0.2, 0.25) is 0 Å². The van der Waals surface area contributed by atoms with Gasteiger partial charge in [-0.05, 0) is 43.0 Å². The smallest absolute Gasteiger partial charge is 0.339 e. The zero-order valence-electron chi connectivity index (χ0n) is 11.2. The fourth-order valence-corrected chi connectivity index (χ4v) is 2.81. The standard InChI is InChI=1S/C15H12N4O2/c20-15(21)10-8-9-4-3-6-11(9)16-14(10)19-13-7-2-1-5-12(13)17-18-19/h1-2,5,7-8H,3-4,6H2,(H,20,21). The zero-order valence-corrected chi connectivity index (χ0v) is 11.2. The summed E-state index contributed by atoms with van der Waals surface area (Å²) in [7, 11) is 0. The van der Waals surface area contributed by atoms with Crippen molar-refractivity contribution in [3.05, 3.63) is 47.2 Å². The van der Waals surface area contributed by atoms with Gasteiger partial charge in [-0.15, -0.1) is 5.10 Å². The Bertz CT molecular complexity index is 869. The number of carboxylic acids is 1. The van der Waals surface area contributed by atoms with Gasteiger partial charge in [0.15, 0.2) is 5.82 Å². The Hall–Kier alpha value is -2.76. The molecular weight excluding hydrogens is 268 g/mol. The van der Waals surface area contributed by atoms with Crippen LogP contribution >= 0.6 is 0 Å². The van der Waals surface area contributed by atoms with Crippen molar-refractivity contribution in [1.82, 2.24) is 20.0 Å². The van der Waals surface area contributed by atoms with Crippen molar-refractivity contribution in [1.29, 1.82) is 0 Å². The third kappa shape index (κ3) is 1.79. The van der Waals surface area contributed by atoms with E-state index in [1.165, 1.54) is 4.68 Å². The fourth-order valence-electron chi connectivity index (χ4n) is 2.81. The molecule has 4 rings (SSSR count). The molecule has 2 aromatic heterocycles. The van der Waals surface area contributed by atoms with Crippen LogP contribution in [0.1, 0.15) is 28.0 Å². The molecule has 21 heavy (non-hydrogen) atoms. The van der Waals surface area contributed by atoms with Crippen LogP contribution in [0.3, 0.4) is 0 Å². The van der Waals surface area contributed by atoms with Crippen LogP contribution in [0.25, 0.3) is 16.9 Å². The number of benzene rings is 1. The highest BCUT2D eigenvalue weighted by Crippen LogP contribution is 2.26. The molecule has 0 saturated carbocycles. The van der Waals surface area contributed by atoms with Gasteiger partial charge in [-0.2, -0.15) is 4.68 Å². The van der Waals surface area contributed by atoms with Crippen molar-refractivity contribution < 1.29 is 9.90 Å². The molecule has 3 aromatic rings. The van der Waals surface area contributed by atoms with E-state index in [1.54, 1.807) is 6.07 Å². The number of hydrogen-bond donors (Lipinski definition) is 1. The molecule has 0 spiro atoms. The molecule has 0 fully saturated rings. The number of pyridine rings is 1. The number of hydrogen-bond acceptors (Lipinski definition) is 4. The third-order valence-corrected chi connectivity index (χ3v) is 3.81. The maximum Gasteiger partial charge on any atom is 0.339 e. The van der Waals surface area contributed by atoms with Gasteiger partial charge in [0.25, 0.3) is 0 Å². The molecule has 0 aliphatic heterocycles. The van der Waals surface area contributed by atoms with E-state index in [4.69, 9.17) is 0 Å². The lowest BCUT2D eigenvalue weighted by atomic mass is 10.1. The second-order valence-corrected chi connectivity index (χ2v) is 5.11. The SMILES string of the molecule is O=C(O)c1cc2c(nc1-n1nnc3ccccc31)CCC2. The average Bonchev–Trinajstić information content (AvgIpc) is 3.11. The molecule has 1 N–H and O–H groups in total. The van der Waals surface area contributed by atoms with Crippen molar-refractivity contribution >= 4 is 17.0 Å². The highest BCUT2D eigenvalue weighted by molar-refractivity contribution is 5.92. The predicted octanol–water partition coefficient (Wildman–Crippen LogP) is 2.00. The van der Waals surface area contributed by atoms with Crippen molar-refractivity contribution in [2.45, 2.75) is 19.3 Å². The van der Waals surface area contributed by atoms with Crippen LogP contribution in [-0.2, 0) is 12.8 Å². The van der Waals surface area contributed by atoms with Crippen LogP contribution in [0, 0.1) is 0 Å². The first-order chi connectivity index (χ1) is 10.2. The first kappa shape index (κ1) is 12.0. The Morgan fingerprint density at radius 3 is 2.95 bits per heavy atom. The summed E-state index contributed by atoms with van der Waals surface area (Å²) >= 11 is 0. The molecule has 0 bridgehead atoms. The monoisotopic (exact) mass is 280 g/mol. The minimum atomic E-state index is -0.994. The Morgan fingerprint density at radius 1 is 1.24 bits per heavy atom. The van der Waals surface area contributed by atoms with E-state index < -0.39 is 5.97 Å². The van der Waals surface area contributed by atoms with E-state index >= 15 is 0 Å². The number of carbonyl (C=O) groups is 1. The molecule has 104 valence electrons. The van der Waals surface area contributed by atoms with Gasteiger partial charge >= 0.3 is 5.97 Å². The van der Waals surface area contributed by atoms with E-state index in [9.17, 15) is 9.90 Å². The summed E-state index contributed by atoms with van der Waals surface area (Å²) in [5, 5.41) is 17.6. The lowest BCUT2D eigenvalue weighted by molar-refractivity contribution is 0.0696. The second kappa shape index (κ2) is 4.37. The topological polar surface area (TPSA) is 80.9 Å². The summed E-state index contributed by atoms with van der Waals surface area (Å²) in [6.45, 7) is 0. The van der Waals surface area contributed by atoms with Crippen LogP contribution in [0.15, 0.2) is 30.3 Å². The van der Waals surface area contributed by atoms with E-state index in [0.717, 1.165) is 41.6 Å². The molecule has 0 unspecified atom stereocenters. The molecule has 6 nitrogen and oxygen atoms in total. The Morgan fingerprint density at radius 2 is 2.10 bits per heavy atom. The van der Waals surface area contributed by atoms with Gasteiger partial charge in [-0.25, -0.2) is 9.78 Å². The minimum absolute atomic E-state index is 0.173. The lowest BCUT2D eigenvalue weighted by Crippen LogP contribution is -2.11. The molecular formula is C15H12N4O2. The molecule has 0 amide bonds. The van der Waals surface area contributed by atoms with Crippen molar-refractivity contribution in [3.8, 4) is 5.82 Å². The predicted molar refractivity (Wildman–Crippen MR) is 75.6 cm³/mol. The van der Waals surface area contributed by atoms with E-state index in [-0.39, 0.29) is 5.56 Å². The van der Waals surface area contributed by atoms with Crippen molar-refractivity contribution in [2.24, 2.45) is 0 Å². The number of aromatic carboxylic acids is 1. The Kier molecular flexibility index (Phi) is 2.50. The maximum atomic E-state index is 11.6. The van der Waals surface area contributed by atoms with Crippen LogP contribution < -0.4 is 0 Å². The van der Waals surface area contributed by atoms with E-state index in [2.05, 4.69) is 15.3 Å². The van der Waals surface area contributed by atoms with Gasteiger partial charge in [-0.1, -0.05) is 17.3 Å². The minimum Gasteiger partial charge on any atom is -0.478 e. The first-order valence-electron chi connectivity index (χ1n) is 6.81. The Labute approximate surface area is 120 Å². The number of para-hydroxylation sites is 1. The number of rotatable bonds is 2. The number of aromatic nitrogens is 4. The molecule has 2 heterocycles. The molecule has 0 atom stereocenters. The second-order valence-electron chi connectivity index (χ2n) is 5.11. The van der Waals surface area contributed by atoms with Crippen LogP contribution in [0.5, 0.6) is 0 Å². The molecule has 1 aliphatic rings. The normalized spacial score (nSPS) is 13.5. The van der Waals surface area contributed by atoms with Crippen molar-refractivity contribution in [2.75, 3.05) is 0 Å². The third-order valence-electron chi connectivity index (χ3n) is 3.81. The van der Waals surface area contributed by atoms with E-state index in [1.807, 2.05) is 24.3 Å². The summed E-state index contributed by atoms with van der Waals surface area (Å²) in [6.07, 6.45) is 2.79. The summed E-state index contributed by atoms with van der Waals surface area (Å²) in [4.78, 5) is 16.1. The maximum absolute atomic E-state index is 11.6. The van der Waals surface area contributed by atoms with Gasteiger partial charge in [0.1, 0.15) is 11.1 Å². The van der Waals surface area contributed by atoms with Crippen LogP contribution in [0.4, 0.5) is 0 Å². The van der Waals surface area contributed by atoms with Crippen LogP contribution in [-0.4, -0.2) is 31.1 Å². The van der Waals surface area contributed by atoms with Gasteiger partial charge in [-0.3, -0.25) is 0 Å². The van der Waals surface area contributed by atoms with E-state index in [0.29, 0.717) is 5.82 Å². The molecule has 0 saturated heterocycles.